The lowest BCUT2D eigenvalue weighted by Crippen LogP contribution is -2.22. The molecule has 0 aliphatic rings. The van der Waals surface area contributed by atoms with Crippen molar-refractivity contribution >= 4 is 21.6 Å². The van der Waals surface area contributed by atoms with E-state index in [1.54, 1.807) is 0 Å². The molecule has 0 saturated carbocycles. The maximum absolute atomic E-state index is 5.84. The number of nitrogens with zero attached hydrogens (tertiary/aromatic N) is 1. The van der Waals surface area contributed by atoms with Crippen LogP contribution in [0.5, 0.6) is 0 Å². The first-order valence-electron chi connectivity index (χ1n) is 5.29. The summed E-state index contributed by atoms with van der Waals surface area (Å²) < 4.78 is 1.12. The number of nitrogens with two attached hydrogens (primary N) is 1. The highest BCUT2D eigenvalue weighted by Gasteiger charge is 2.08. The minimum Gasteiger partial charge on any atom is -0.375 e. The number of rotatable bonds is 4. The van der Waals surface area contributed by atoms with Crippen LogP contribution in [0.2, 0.25) is 0 Å². The molecule has 1 unspecified atom stereocenters. The summed E-state index contributed by atoms with van der Waals surface area (Å²) in [6.45, 7) is 5.19. The van der Waals surface area contributed by atoms with E-state index in [2.05, 4.69) is 53.0 Å². The Labute approximate surface area is 101 Å². The van der Waals surface area contributed by atoms with Gasteiger partial charge in [-0.3, -0.25) is 0 Å². The molecular formula is C12H19BrN2. The van der Waals surface area contributed by atoms with Crippen molar-refractivity contribution in [1.82, 2.24) is 0 Å². The van der Waals surface area contributed by atoms with Crippen LogP contribution in [0, 0.1) is 0 Å². The van der Waals surface area contributed by atoms with E-state index in [-0.39, 0.29) is 6.04 Å². The lowest BCUT2D eigenvalue weighted by Gasteiger charge is -2.22. The van der Waals surface area contributed by atoms with E-state index in [1.807, 2.05) is 6.92 Å². The highest BCUT2D eigenvalue weighted by molar-refractivity contribution is 9.10. The Kier molecular flexibility index (Phi) is 4.61. The van der Waals surface area contributed by atoms with Crippen molar-refractivity contribution in [2.24, 2.45) is 5.73 Å². The summed E-state index contributed by atoms with van der Waals surface area (Å²) in [6.07, 6.45) is 0.924. The van der Waals surface area contributed by atoms with Crippen molar-refractivity contribution in [2.45, 2.75) is 26.3 Å². The van der Waals surface area contributed by atoms with Crippen LogP contribution in [0.1, 0.15) is 19.4 Å². The maximum Gasteiger partial charge on any atom is 0.0407 e. The Hall–Kier alpha value is -0.540. The zero-order valence-corrected chi connectivity index (χ0v) is 11.2. The molecule has 15 heavy (non-hydrogen) atoms. The first-order chi connectivity index (χ1) is 7.04. The van der Waals surface area contributed by atoms with E-state index in [4.69, 9.17) is 5.73 Å². The van der Waals surface area contributed by atoms with Crippen molar-refractivity contribution in [3.05, 3.63) is 28.2 Å². The number of halogens is 1. The molecule has 1 aromatic carbocycles. The molecule has 2 N–H and O–H groups in total. The van der Waals surface area contributed by atoms with Gasteiger partial charge in [-0.05, 0) is 38.0 Å². The molecule has 1 aromatic rings. The normalized spacial score (nSPS) is 12.6. The van der Waals surface area contributed by atoms with Gasteiger partial charge in [0.05, 0.1) is 0 Å². The first kappa shape index (κ1) is 12.5. The minimum absolute atomic E-state index is 0.204. The van der Waals surface area contributed by atoms with Gasteiger partial charge >= 0.3 is 0 Å². The number of hydrogen-bond donors (Lipinski definition) is 1. The van der Waals surface area contributed by atoms with Crippen LogP contribution in [0.4, 0.5) is 5.69 Å². The smallest absolute Gasteiger partial charge is 0.0407 e. The van der Waals surface area contributed by atoms with Gasteiger partial charge in [0.1, 0.15) is 0 Å². The molecule has 0 amide bonds. The summed E-state index contributed by atoms with van der Waals surface area (Å²) in [5.41, 5.74) is 8.43. The molecule has 0 heterocycles. The van der Waals surface area contributed by atoms with Crippen LogP contribution in [-0.2, 0) is 6.42 Å². The van der Waals surface area contributed by atoms with Gasteiger partial charge in [0, 0.05) is 29.8 Å². The monoisotopic (exact) mass is 270 g/mol. The molecule has 0 saturated heterocycles. The second-order valence-corrected chi connectivity index (χ2v) is 4.88. The van der Waals surface area contributed by atoms with Gasteiger partial charge in [0.15, 0.2) is 0 Å². The largest absolute Gasteiger partial charge is 0.375 e. The number of hydrogen-bond acceptors (Lipinski definition) is 2. The molecule has 0 aliphatic carbocycles. The van der Waals surface area contributed by atoms with Crippen LogP contribution in [0.25, 0.3) is 0 Å². The Morgan fingerprint density at radius 1 is 1.47 bits per heavy atom. The van der Waals surface area contributed by atoms with Crippen molar-refractivity contribution in [1.29, 1.82) is 0 Å². The molecule has 0 fully saturated rings. The Bertz CT molecular complexity index is 323. The van der Waals surface area contributed by atoms with Crippen LogP contribution in [0.3, 0.4) is 0 Å². The molecule has 1 atom stereocenters. The van der Waals surface area contributed by atoms with Gasteiger partial charge in [-0.15, -0.1) is 0 Å². The summed E-state index contributed by atoms with van der Waals surface area (Å²) in [6, 6.07) is 6.58. The van der Waals surface area contributed by atoms with E-state index in [9.17, 15) is 0 Å². The quantitative estimate of drug-likeness (QED) is 0.912. The molecule has 0 bridgehead atoms. The third-order valence-corrected chi connectivity index (χ3v) is 2.97. The molecule has 84 valence electrons. The van der Waals surface area contributed by atoms with E-state index >= 15 is 0 Å². The Morgan fingerprint density at radius 3 is 2.67 bits per heavy atom. The SMILES string of the molecule is CCN(C)c1cc(Br)ccc1CC(C)N. The summed E-state index contributed by atoms with van der Waals surface area (Å²) in [4.78, 5) is 2.24. The summed E-state index contributed by atoms with van der Waals surface area (Å²) in [5.74, 6) is 0. The van der Waals surface area contributed by atoms with Gasteiger partial charge < -0.3 is 10.6 Å². The molecule has 0 radical (unpaired) electrons. The fourth-order valence-corrected chi connectivity index (χ4v) is 1.93. The van der Waals surface area contributed by atoms with E-state index in [0.29, 0.717) is 0 Å². The van der Waals surface area contributed by atoms with Crippen molar-refractivity contribution in [3.8, 4) is 0 Å². The Balaban J connectivity index is 3.02. The minimum atomic E-state index is 0.204. The molecule has 0 spiro atoms. The highest BCUT2D eigenvalue weighted by Crippen LogP contribution is 2.25. The van der Waals surface area contributed by atoms with Crippen LogP contribution in [0.15, 0.2) is 22.7 Å². The summed E-state index contributed by atoms with van der Waals surface area (Å²) >= 11 is 3.50. The summed E-state index contributed by atoms with van der Waals surface area (Å²) in [7, 11) is 2.10. The standard InChI is InChI=1S/C12H19BrN2/c1-4-15(3)12-8-11(13)6-5-10(12)7-9(2)14/h5-6,8-9H,4,7,14H2,1-3H3. The van der Waals surface area contributed by atoms with Crippen molar-refractivity contribution in [3.63, 3.8) is 0 Å². The van der Waals surface area contributed by atoms with Gasteiger partial charge in [-0.1, -0.05) is 22.0 Å². The summed E-state index contributed by atoms with van der Waals surface area (Å²) in [5, 5.41) is 0. The molecule has 0 aliphatic heterocycles. The fourth-order valence-electron chi connectivity index (χ4n) is 1.58. The van der Waals surface area contributed by atoms with Gasteiger partial charge in [0.25, 0.3) is 0 Å². The van der Waals surface area contributed by atoms with Crippen molar-refractivity contribution < 1.29 is 0 Å². The third-order valence-electron chi connectivity index (χ3n) is 2.47. The average Bonchev–Trinajstić information content (AvgIpc) is 2.19. The molecule has 3 heteroatoms. The van der Waals surface area contributed by atoms with E-state index < -0.39 is 0 Å². The topological polar surface area (TPSA) is 29.3 Å². The molecule has 2 nitrogen and oxygen atoms in total. The van der Waals surface area contributed by atoms with Crippen LogP contribution >= 0.6 is 15.9 Å². The van der Waals surface area contributed by atoms with Gasteiger partial charge in [0.2, 0.25) is 0 Å². The van der Waals surface area contributed by atoms with Gasteiger partial charge in [-0.25, -0.2) is 0 Å². The number of anilines is 1. The molecular weight excluding hydrogens is 252 g/mol. The predicted molar refractivity (Wildman–Crippen MR) is 70.4 cm³/mol. The van der Waals surface area contributed by atoms with Crippen LogP contribution < -0.4 is 10.6 Å². The second-order valence-electron chi connectivity index (χ2n) is 3.97. The van der Waals surface area contributed by atoms with Gasteiger partial charge in [-0.2, -0.15) is 0 Å². The average molecular weight is 271 g/mol. The molecule has 0 aromatic heterocycles. The van der Waals surface area contributed by atoms with E-state index in [0.717, 1.165) is 17.4 Å². The lowest BCUT2D eigenvalue weighted by atomic mass is 10.0. The maximum atomic E-state index is 5.84. The second kappa shape index (κ2) is 5.52. The van der Waals surface area contributed by atoms with E-state index in [1.165, 1.54) is 11.3 Å². The predicted octanol–water partition coefficient (Wildman–Crippen LogP) is 2.79. The first-order valence-corrected chi connectivity index (χ1v) is 6.09. The lowest BCUT2D eigenvalue weighted by molar-refractivity contribution is 0.735. The third kappa shape index (κ3) is 3.50. The van der Waals surface area contributed by atoms with Crippen molar-refractivity contribution in [2.75, 3.05) is 18.5 Å². The number of benzene rings is 1. The van der Waals surface area contributed by atoms with Crippen LogP contribution in [-0.4, -0.2) is 19.6 Å². The highest BCUT2D eigenvalue weighted by atomic mass is 79.9. The zero-order valence-electron chi connectivity index (χ0n) is 9.63. The zero-order chi connectivity index (χ0) is 11.4. The fraction of sp³-hybridized carbons (Fsp3) is 0.500. The molecule has 1 rings (SSSR count). The Morgan fingerprint density at radius 2 is 2.13 bits per heavy atom.